The number of phenols is 1. The summed E-state index contributed by atoms with van der Waals surface area (Å²) in [5.74, 6) is 2.39. The van der Waals surface area contributed by atoms with Crippen LogP contribution >= 0.6 is 0 Å². The summed E-state index contributed by atoms with van der Waals surface area (Å²) in [5, 5.41) is 24.1. The zero-order chi connectivity index (χ0) is 24.2. The van der Waals surface area contributed by atoms with Crippen molar-refractivity contribution in [3.63, 3.8) is 0 Å². The molecule has 0 amide bonds. The Morgan fingerprint density at radius 3 is 2.71 bits per heavy atom. The summed E-state index contributed by atoms with van der Waals surface area (Å²) in [5.41, 5.74) is 8.42. The number of fused-ring (bicyclic) bond motifs is 5. The van der Waals surface area contributed by atoms with E-state index in [0.717, 1.165) is 41.9 Å². The van der Waals surface area contributed by atoms with Crippen LogP contribution < -0.4 is 0 Å². The summed E-state index contributed by atoms with van der Waals surface area (Å²) in [4.78, 5) is 0. The van der Waals surface area contributed by atoms with Crippen LogP contribution in [0.15, 0.2) is 58.7 Å². The zero-order valence-electron chi connectivity index (χ0n) is 20.9. The Kier molecular flexibility index (Phi) is 5.39. The molecule has 0 saturated heterocycles. The Morgan fingerprint density at radius 1 is 1.06 bits per heavy atom. The minimum absolute atomic E-state index is 0.144. The van der Waals surface area contributed by atoms with Crippen molar-refractivity contribution in [1.82, 2.24) is 9.78 Å². The average molecular weight is 467 g/mol. The lowest BCUT2D eigenvalue weighted by molar-refractivity contribution is 0.0955. The number of hydrogen-bond acceptors (Lipinski definition) is 4. The maximum Gasteiger partial charge on any atom is 0.115 e. The van der Waals surface area contributed by atoms with Gasteiger partial charge in [-0.2, -0.15) is 15.3 Å². The molecule has 0 bridgehead atoms. The molecule has 35 heavy (non-hydrogen) atoms. The van der Waals surface area contributed by atoms with Gasteiger partial charge >= 0.3 is 0 Å². The number of hydrogen-bond donors (Lipinski definition) is 1. The van der Waals surface area contributed by atoms with E-state index in [-0.39, 0.29) is 5.41 Å². The maximum atomic E-state index is 9.93. The molecule has 5 nitrogen and oxygen atoms in total. The van der Waals surface area contributed by atoms with Gasteiger partial charge < -0.3 is 5.11 Å². The van der Waals surface area contributed by atoms with E-state index >= 15 is 0 Å². The molecule has 0 radical (unpaired) electrons. The molecule has 3 aliphatic rings. The van der Waals surface area contributed by atoms with E-state index in [2.05, 4.69) is 37.1 Å². The van der Waals surface area contributed by atoms with Crippen LogP contribution in [-0.4, -0.2) is 26.8 Å². The molecule has 5 heteroatoms. The third kappa shape index (κ3) is 3.64. The lowest BCUT2D eigenvalue weighted by atomic mass is 9.55. The van der Waals surface area contributed by atoms with E-state index in [1.807, 2.05) is 48.2 Å². The second kappa shape index (κ2) is 8.47. The molecule has 1 N–H and O–H groups in total. The quantitative estimate of drug-likeness (QED) is 0.352. The van der Waals surface area contributed by atoms with Gasteiger partial charge in [0.25, 0.3) is 0 Å². The van der Waals surface area contributed by atoms with Crippen molar-refractivity contribution in [2.24, 2.45) is 27.5 Å². The first kappa shape index (κ1) is 22.3. The third-order valence-corrected chi connectivity index (χ3v) is 9.16. The fourth-order valence-electron chi connectivity index (χ4n) is 7.34. The van der Waals surface area contributed by atoms with E-state index in [1.165, 1.54) is 36.1 Å². The fourth-order valence-corrected chi connectivity index (χ4v) is 7.34. The number of aromatic nitrogens is 2. The van der Waals surface area contributed by atoms with Gasteiger partial charge in [-0.25, -0.2) is 4.68 Å². The highest BCUT2D eigenvalue weighted by Crippen LogP contribution is 2.60. The zero-order valence-corrected chi connectivity index (χ0v) is 20.9. The van der Waals surface area contributed by atoms with Gasteiger partial charge in [-0.05, 0) is 106 Å². The smallest absolute Gasteiger partial charge is 0.115 e. The van der Waals surface area contributed by atoms with Gasteiger partial charge in [0.15, 0.2) is 0 Å². The summed E-state index contributed by atoms with van der Waals surface area (Å²) in [7, 11) is 0. The number of rotatable bonds is 3. The first-order valence-electron chi connectivity index (χ1n) is 13.0. The minimum Gasteiger partial charge on any atom is -0.508 e. The summed E-state index contributed by atoms with van der Waals surface area (Å²) >= 11 is 0. The van der Waals surface area contributed by atoms with Crippen molar-refractivity contribution >= 4 is 11.9 Å². The molecule has 6 rings (SSSR count). The van der Waals surface area contributed by atoms with E-state index in [9.17, 15) is 5.11 Å². The van der Waals surface area contributed by atoms with Crippen LogP contribution in [0.3, 0.4) is 0 Å². The van der Waals surface area contributed by atoms with Crippen LogP contribution in [-0.2, 0) is 6.42 Å². The highest BCUT2D eigenvalue weighted by Gasteiger charge is 2.53. The highest BCUT2D eigenvalue weighted by atomic mass is 16.3. The number of para-hydroxylation sites is 1. The molecule has 1 heterocycles. The monoisotopic (exact) mass is 466 g/mol. The van der Waals surface area contributed by atoms with Crippen molar-refractivity contribution in [3.05, 3.63) is 76.6 Å². The first-order chi connectivity index (χ1) is 17.0. The van der Waals surface area contributed by atoms with Crippen molar-refractivity contribution in [2.75, 3.05) is 0 Å². The van der Waals surface area contributed by atoms with Gasteiger partial charge in [-0.3, -0.25) is 0 Å². The molecule has 0 unspecified atom stereocenters. The van der Waals surface area contributed by atoms with Crippen molar-refractivity contribution in [3.8, 4) is 11.4 Å². The summed E-state index contributed by atoms with van der Waals surface area (Å²) in [6.45, 7) is 6.57. The van der Waals surface area contributed by atoms with E-state index in [1.54, 1.807) is 0 Å². The molecule has 0 spiro atoms. The van der Waals surface area contributed by atoms with Crippen LogP contribution in [0.4, 0.5) is 0 Å². The Bertz CT molecular complexity index is 1320. The van der Waals surface area contributed by atoms with Gasteiger partial charge in [0.05, 0.1) is 23.3 Å². The van der Waals surface area contributed by atoms with E-state index in [0.29, 0.717) is 23.5 Å². The van der Waals surface area contributed by atoms with E-state index < -0.39 is 0 Å². The number of aromatic hydroxyl groups is 1. The van der Waals surface area contributed by atoms with Crippen molar-refractivity contribution in [2.45, 2.75) is 65.2 Å². The van der Waals surface area contributed by atoms with Crippen LogP contribution in [0.2, 0.25) is 0 Å². The molecule has 180 valence electrons. The van der Waals surface area contributed by atoms with E-state index in [4.69, 9.17) is 10.2 Å². The summed E-state index contributed by atoms with van der Waals surface area (Å²) in [6.07, 6.45) is 8.81. The first-order valence-corrected chi connectivity index (χ1v) is 13.0. The standard InChI is InChI=1S/C30H34N4O/c1-19-27(20(2)34(33-19)22-7-5-4-6-8-22)18-31-32-29-14-13-28-26-11-9-21-17-23(35)10-12-24(21)25(26)15-16-30(28,29)3/h4-8,10,12,17-18,25-26,28,35H,9,11,13-16H2,1-3H3/b31-18-,32-29-/t25-,26-,28-,30-/m1/s1. The second-order valence-corrected chi connectivity index (χ2v) is 10.9. The number of benzene rings is 2. The second-order valence-electron chi connectivity index (χ2n) is 10.9. The molecular formula is C30H34N4O. The molecule has 2 aromatic carbocycles. The largest absolute Gasteiger partial charge is 0.508 e. The van der Waals surface area contributed by atoms with Gasteiger partial charge in [0.2, 0.25) is 0 Å². The predicted molar refractivity (Wildman–Crippen MR) is 141 cm³/mol. The molecule has 3 aromatic rings. The lowest BCUT2D eigenvalue weighted by Crippen LogP contribution is -2.42. The number of nitrogens with zero attached hydrogens (tertiary/aromatic N) is 4. The summed E-state index contributed by atoms with van der Waals surface area (Å²) in [6, 6.07) is 16.3. The maximum absolute atomic E-state index is 9.93. The summed E-state index contributed by atoms with van der Waals surface area (Å²) < 4.78 is 1.98. The average Bonchev–Trinajstić information content (AvgIpc) is 3.35. The molecule has 1 aromatic heterocycles. The SMILES string of the molecule is Cc1nn(-c2ccccc2)c(C)c1/C=N\N=C1\CC[C@@H]2[C@@H]3CCc4cc(O)ccc4[C@H]3CC[C@@]12C. The van der Waals surface area contributed by atoms with Gasteiger partial charge in [0.1, 0.15) is 5.75 Å². The number of phenolic OH excluding ortho intramolecular Hbond substituents is 1. The van der Waals surface area contributed by atoms with Gasteiger partial charge in [-0.1, -0.05) is 31.2 Å². The molecule has 0 aliphatic heterocycles. The van der Waals surface area contributed by atoms with Gasteiger partial charge in [0, 0.05) is 16.7 Å². The topological polar surface area (TPSA) is 62.8 Å². The molecule has 2 fully saturated rings. The molecule has 2 saturated carbocycles. The Morgan fingerprint density at radius 2 is 1.89 bits per heavy atom. The van der Waals surface area contributed by atoms with Crippen LogP contribution in [0.25, 0.3) is 5.69 Å². The predicted octanol–water partition coefficient (Wildman–Crippen LogP) is 6.53. The van der Waals surface area contributed by atoms with Crippen molar-refractivity contribution < 1.29 is 5.11 Å². The Hall–Kier alpha value is -3.21. The minimum atomic E-state index is 0.144. The number of aryl methyl sites for hydroxylation is 2. The molecule has 4 atom stereocenters. The fraction of sp³-hybridized carbons (Fsp3) is 0.433. The normalized spacial score (nSPS) is 28.8. The molecule has 3 aliphatic carbocycles. The van der Waals surface area contributed by atoms with Crippen LogP contribution in [0.1, 0.15) is 73.0 Å². The third-order valence-electron chi connectivity index (χ3n) is 9.16. The Balaban J connectivity index is 1.24. The molecular weight excluding hydrogens is 432 g/mol. The van der Waals surface area contributed by atoms with Crippen LogP contribution in [0, 0.1) is 31.1 Å². The highest BCUT2D eigenvalue weighted by molar-refractivity contribution is 5.93. The van der Waals surface area contributed by atoms with Crippen LogP contribution in [0.5, 0.6) is 5.75 Å². The Labute approximate surface area is 207 Å². The lowest BCUT2D eigenvalue weighted by Gasteiger charge is -2.49. The van der Waals surface area contributed by atoms with Gasteiger partial charge in [-0.15, -0.1) is 0 Å². The van der Waals surface area contributed by atoms with Crippen molar-refractivity contribution in [1.29, 1.82) is 0 Å².